The first-order valence-electron chi connectivity index (χ1n) is 8.74. The van der Waals surface area contributed by atoms with Crippen LogP contribution < -0.4 is 0 Å². The number of likely N-dealkylation sites (tertiary alicyclic amines) is 1. The molecule has 4 heteroatoms. The van der Waals surface area contributed by atoms with Crippen LogP contribution in [0.15, 0.2) is 59.0 Å². The van der Waals surface area contributed by atoms with Crippen LogP contribution in [0.1, 0.15) is 35.2 Å². The molecule has 2 aliphatic heterocycles. The van der Waals surface area contributed by atoms with Gasteiger partial charge in [0.25, 0.3) is 0 Å². The molecule has 2 aromatic carbocycles. The second-order valence-corrected chi connectivity index (χ2v) is 8.10. The first-order valence-corrected chi connectivity index (χ1v) is 10.00. The molecule has 2 aliphatic rings. The van der Waals surface area contributed by atoms with E-state index in [1.807, 2.05) is 60.3 Å². The van der Waals surface area contributed by atoms with Crippen LogP contribution in [0, 0.1) is 0 Å². The minimum atomic E-state index is 0.0957. The number of thioether (sulfide) groups is 1. The summed E-state index contributed by atoms with van der Waals surface area (Å²) in [5, 5.41) is 0.808. The highest BCUT2D eigenvalue weighted by atomic mass is 35.5. The number of rotatable bonds is 2. The number of halogens is 1. The number of hydrogen-bond donors (Lipinski definition) is 0. The summed E-state index contributed by atoms with van der Waals surface area (Å²) in [5.74, 6) is 0.153. The Morgan fingerprint density at radius 3 is 2.48 bits per heavy atom. The smallest absolute Gasteiger partial charge is 0.192 e. The average molecular weight is 370 g/mol. The summed E-state index contributed by atoms with van der Waals surface area (Å²) in [6.45, 7) is 2.12. The van der Waals surface area contributed by atoms with Gasteiger partial charge in [-0.05, 0) is 61.8 Å². The Hall–Kier alpha value is -1.55. The van der Waals surface area contributed by atoms with E-state index in [4.69, 9.17) is 11.6 Å². The first-order chi connectivity index (χ1) is 12.2. The third-order valence-corrected chi connectivity index (χ3v) is 6.45. The normalized spacial score (nSPS) is 22.8. The Bertz CT molecular complexity index is 809. The number of fused-ring (bicyclic) bond motifs is 1. The highest BCUT2D eigenvalue weighted by Crippen LogP contribution is 2.41. The molecule has 1 saturated heterocycles. The van der Waals surface area contributed by atoms with E-state index in [1.165, 1.54) is 19.3 Å². The van der Waals surface area contributed by atoms with Crippen LogP contribution in [0.4, 0.5) is 0 Å². The Morgan fingerprint density at radius 1 is 1.00 bits per heavy atom. The summed E-state index contributed by atoms with van der Waals surface area (Å²) in [6, 6.07) is 15.7. The maximum Gasteiger partial charge on any atom is 0.192 e. The van der Waals surface area contributed by atoms with Crippen LogP contribution in [0.5, 0.6) is 0 Å². The molecule has 1 atom stereocenters. The zero-order valence-corrected chi connectivity index (χ0v) is 15.5. The van der Waals surface area contributed by atoms with Crippen LogP contribution in [0.2, 0.25) is 5.02 Å². The van der Waals surface area contributed by atoms with Crippen molar-refractivity contribution in [3.05, 3.63) is 70.3 Å². The molecule has 2 heterocycles. The van der Waals surface area contributed by atoms with Gasteiger partial charge in [0.15, 0.2) is 5.78 Å². The van der Waals surface area contributed by atoms with Crippen LogP contribution in [0.25, 0.3) is 6.08 Å². The van der Waals surface area contributed by atoms with Gasteiger partial charge < -0.3 is 0 Å². The summed E-state index contributed by atoms with van der Waals surface area (Å²) < 4.78 is 0. The van der Waals surface area contributed by atoms with Gasteiger partial charge in [-0.25, -0.2) is 0 Å². The Labute approximate surface area is 157 Å². The van der Waals surface area contributed by atoms with Crippen molar-refractivity contribution >= 4 is 35.2 Å². The van der Waals surface area contributed by atoms with Crippen molar-refractivity contribution in [1.82, 2.24) is 4.90 Å². The number of piperidine rings is 1. The molecule has 0 saturated carbocycles. The van der Waals surface area contributed by atoms with Crippen molar-refractivity contribution in [3.8, 4) is 0 Å². The standard InChI is InChI=1S/C21H20ClNOS/c22-16-10-8-15(9-11-16)14-18-20(24)17-6-2-3-7-19(17)25-21(18)23-12-4-1-5-13-23/h2-3,6-11,14,21H,1,4-5,12-13H2/b18-14-. The zero-order valence-electron chi connectivity index (χ0n) is 14.0. The van der Waals surface area contributed by atoms with E-state index in [0.717, 1.165) is 34.7 Å². The van der Waals surface area contributed by atoms with Crippen LogP contribution in [-0.4, -0.2) is 29.1 Å². The monoisotopic (exact) mass is 369 g/mol. The van der Waals surface area contributed by atoms with Crippen LogP contribution >= 0.6 is 23.4 Å². The maximum absolute atomic E-state index is 13.2. The van der Waals surface area contributed by atoms with Crippen molar-refractivity contribution in [2.24, 2.45) is 0 Å². The second kappa shape index (κ2) is 7.36. The molecule has 1 unspecified atom stereocenters. The van der Waals surface area contributed by atoms with Crippen molar-refractivity contribution in [3.63, 3.8) is 0 Å². The van der Waals surface area contributed by atoms with Crippen molar-refractivity contribution in [2.45, 2.75) is 29.5 Å². The number of ketones is 1. The number of benzene rings is 2. The summed E-state index contributed by atoms with van der Waals surface area (Å²) in [4.78, 5) is 16.8. The predicted molar refractivity (Wildman–Crippen MR) is 105 cm³/mol. The summed E-state index contributed by atoms with van der Waals surface area (Å²) in [6.07, 6.45) is 5.75. The molecular formula is C21H20ClNOS. The van der Waals surface area contributed by atoms with E-state index in [1.54, 1.807) is 0 Å². The SMILES string of the molecule is O=C1/C(=C/c2ccc(Cl)cc2)C(N2CCCCC2)Sc2ccccc21. The van der Waals surface area contributed by atoms with Gasteiger partial charge in [-0.1, -0.05) is 42.3 Å². The van der Waals surface area contributed by atoms with Gasteiger partial charge in [-0.15, -0.1) is 11.8 Å². The number of carbonyl (C=O) groups is 1. The minimum absolute atomic E-state index is 0.0957. The molecule has 4 rings (SSSR count). The average Bonchev–Trinajstić information content (AvgIpc) is 2.66. The Kier molecular flexibility index (Phi) is 4.98. The first kappa shape index (κ1) is 16.9. The molecular weight excluding hydrogens is 350 g/mol. The minimum Gasteiger partial charge on any atom is -0.289 e. The largest absolute Gasteiger partial charge is 0.289 e. The molecule has 0 amide bonds. The van der Waals surface area contributed by atoms with E-state index in [0.29, 0.717) is 5.02 Å². The van der Waals surface area contributed by atoms with Gasteiger partial charge in [0, 0.05) is 21.1 Å². The summed E-state index contributed by atoms with van der Waals surface area (Å²) in [5.41, 5.74) is 2.73. The van der Waals surface area contributed by atoms with Gasteiger partial charge in [-0.3, -0.25) is 9.69 Å². The molecule has 0 bridgehead atoms. The van der Waals surface area contributed by atoms with Gasteiger partial charge in [0.05, 0.1) is 5.37 Å². The van der Waals surface area contributed by atoms with Crippen molar-refractivity contribution < 1.29 is 4.79 Å². The summed E-state index contributed by atoms with van der Waals surface area (Å²) in [7, 11) is 0. The number of Topliss-reactive ketones (excluding diaryl/α,β-unsaturated/α-hetero) is 1. The van der Waals surface area contributed by atoms with Crippen LogP contribution in [-0.2, 0) is 0 Å². The van der Waals surface area contributed by atoms with E-state index >= 15 is 0 Å². The second-order valence-electron chi connectivity index (χ2n) is 6.54. The van der Waals surface area contributed by atoms with Crippen molar-refractivity contribution in [2.75, 3.05) is 13.1 Å². The lowest BCUT2D eigenvalue weighted by molar-refractivity contribution is 0.101. The number of carbonyl (C=O) groups excluding carboxylic acids is 1. The topological polar surface area (TPSA) is 20.3 Å². The highest BCUT2D eigenvalue weighted by Gasteiger charge is 2.34. The molecule has 0 radical (unpaired) electrons. The molecule has 0 aromatic heterocycles. The molecule has 2 aromatic rings. The fourth-order valence-corrected chi connectivity index (χ4v) is 4.98. The van der Waals surface area contributed by atoms with Gasteiger partial charge in [0.2, 0.25) is 0 Å². The van der Waals surface area contributed by atoms with Crippen LogP contribution in [0.3, 0.4) is 0 Å². The third kappa shape index (κ3) is 3.55. The molecule has 1 fully saturated rings. The zero-order chi connectivity index (χ0) is 17.2. The van der Waals surface area contributed by atoms with E-state index in [2.05, 4.69) is 11.0 Å². The lowest BCUT2D eigenvalue weighted by Gasteiger charge is -2.37. The van der Waals surface area contributed by atoms with E-state index in [-0.39, 0.29) is 11.2 Å². The number of hydrogen-bond acceptors (Lipinski definition) is 3. The molecule has 0 aliphatic carbocycles. The lowest BCUT2D eigenvalue weighted by Crippen LogP contribution is -2.41. The van der Waals surface area contributed by atoms with Gasteiger partial charge in [0.1, 0.15) is 0 Å². The Morgan fingerprint density at radius 2 is 1.72 bits per heavy atom. The molecule has 128 valence electrons. The van der Waals surface area contributed by atoms with Gasteiger partial charge in [-0.2, -0.15) is 0 Å². The Balaban J connectivity index is 1.76. The quantitative estimate of drug-likeness (QED) is 0.649. The van der Waals surface area contributed by atoms with Crippen molar-refractivity contribution in [1.29, 1.82) is 0 Å². The molecule has 0 N–H and O–H groups in total. The molecule has 0 spiro atoms. The molecule has 2 nitrogen and oxygen atoms in total. The van der Waals surface area contributed by atoms with E-state index in [9.17, 15) is 4.79 Å². The fourth-order valence-electron chi connectivity index (χ4n) is 3.51. The lowest BCUT2D eigenvalue weighted by atomic mass is 9.98. The van der Waals surface area contributed by atoms with E-state index < -0.39 is 0 Å². The molecule has 25 heavy (non-hydrogen) atoms. The highest BCUT2D eigenvalue weighted by molar-refractivity contribution is 8.00. The van der Waals surface area contributed by atoms with Gasteiger partial charge >= 0.3 is 0 Å². The predicted octanol–water partition coefficient (Wildman–Crippen LogP) is 5.52. The number of nitrogens with zero attached hydrogens (tertiary/aromatic N) is 1. The fraction of sp³-hybridized carbons (Fsp3) is 0.286. The third-order valence-electron chi connectivity index (χ3n) is 4.81. The maximum atomic E-state index is 13.2. The summed E-state index contributed by atoms with van der Waals surface area (Å²) >= 11 is 7.81.